The molecule has 2 aliphatic heterocycles. The number of aromatic nitrogens is 2. The van der Waals surface area contributed by atoms with Crippen molar-refractivity contribution < 1.29 is 18.3 Å². The fourth-order valence-corrected chi connectivity index (χ4v) is 5.11. The Morgan fingerprint density at radius 3 is 2.58 bits per heavy atom. The van der Waals surface area contributed by atoms with Gasteiger partial charge in [-0.05, 0) is 12.5 Å². The number of rotatable bonds is 5. The molecule has 0 saturated carbocycles. The molecular weight excluding hydrogens is 332 g/mol. The van der Waals surface area contributed by atoms with Crippen LogP contribution in [-0.4, -0.2) is 89.3 Å². The van der Waals surface area contributed by atoms with E-state index in [-0.39, 0.29) is 23.3 Å². The van der Waals surface area contributed by atoms with Crippen molar-refractivity contribution in [1.82, 2.24) is 19.6 Å². The smallest absolute Gasteiger partial charge is 0.226 e. The third kappa shape index (κ3) is 4.34. The molecule has 134 valence electrons. The molecule has 2 aliphatic rings. The van der Waals surface area contributed by atoms with E-state index in [2.05, 4.69) is 10.00 Å². The summed E-state index contributed by atoms with van der Waals surface area (Å²) < 4.78 is 24.7. The van der Waals surface area contributed by atoms with Gasteiger partial charge in [-0.25, -0.2) is 8.42 Å². The molecule has 24 heavy (non-hydrogen) atoms. The quantitative estimate of drug-likeness (QED) is 0.714. The van der Waals surface area contributed by atoms with E-state index in [4.69, 9.17) is 0 Å². The molecule has 1 amide bonds. The summed E-state index contributed by atoms with van der Waals surface area (Å²) in [5, 5.41) is 14.2. The van der Waals surface area contributed by atoms with Gasteiger partial charge >= 0.3 is 0 Å². The van der Waals surface area contributed by atoms with Crippen molar-refractivity contribution in [3.8, 4) is 0 Å². The summed E-state index contributed by atoms with van der Waals surface area (Å²) in [4.78, 5) is 16.3. The second kappa shape index (κ2) is 7.20. The van der Waals surface area contributed by atoms with E-state index in [1.54, 1.807) is 15.8 Å². The lowest BCUT2D eigenvalue weighted by atomic mass is 10.1. The minimum absolute atomic E-state index is 0.00533. The van der Waals surface area contributed by atoms with Crippen LogP contribution in [0.3, 0.4) is 0 Å². The number of aliphatic hydroxyl groups excluding tert-OH is 1. The number of amides is 1. The zero-order valence-corrected chi connectivity index (χ0v) is 14.4. The Kier molecular flexibility index (Phi) is 5.21. The Morgan fingerprint density at radius 2 is 2.00 bits per heavy atom. The van der Waals surface area contributed by atoms with Gasteiger partial charge in [0.05, 0.1) is 30.1 Å². The fourth-order valence-electron chi connectivity index (χ4n) is 3.38. The first-order valence-corrected chi connectivity index (χ1v) is 10.1. The predicted molar refractivity (Wildman–Crippen MR) is 88.0 cm³/mol. The predicted octanol–water partition coefficient (Wildman–Crippen LogP) is -1.18. The molecule has 8 nitrogen and oxygen atoms in total. The SMILES string of the molecule is O=C(C1CCS(=O)(=O)C1)N1CCN(CC(O)Cn2cccn2)CC1. The minimum atomic E-state index is -3.03. The van der Waals surface area contributed by atoms with E-state index < -0.39 is 15.9 Å². The molecular formula is C15H24N4O4S. The van der Waals surface area contributed by atoms with Crippen molar-refractivity contribution in [2.75, 3.05) is 44.2 Å². The van der Waals surface area contributed by atoms with Crippen LogP contribution in [0.5, 0.6) is 0 Å². The molecule has 1 aromatic heterocycles. The molecule has 0 spiro atoms. The third-order valence-electron chi connectivity index (χ3n) is 4.69. The van der Waals surface area contributed by atoms with Crippen LogP contribution < -0.4 is 0 Å². The lowest BCUT2D eigenvalue weighted by Crippen LogP contribution is -2.52. The number of nitrogens with zero attached hydrogens (tertiary/aromatic N) is 4. The maximum absolute atomic E-state index is 12.4. The van der Waals surface area contributed by atoms with Gasteiger partial charge in [0.15, 0.2) is 9.84 Å². The van der Waals surface area contributed by atoms with E-state index in [0.29, 0.717) is 45.7 Å². The average molecular weight is 356 g/mol. The molecule has 3 heterocycles. The molecule has 0 bridgehead atoms. The van der Waals surface area contributed by atoms with E-state index in [0.717, 1.165) is 0 Å². The van der Waals surface area contributed by atoms with Gasteiger partial charge in [-0.2, -0.15) is 5.10 Å². The summed E-state index contributed by atoms with van der Waals surface area (Å²) in [6.07, 6.45) is 3.44. The van der Waals surface area contributed by atoms with Crippen LogP contribution in [0.1, 0.15) is 6.42 Å². The van der Waals surface area contributed by atoms with E-state index in [1.165, 1.54) is 0 Å². The molecule has 3 rings (SSSR count). The number of hydrogen-bond acceptors (Lipinski definition) is 6. The summed E-state index contributed by atoms with van der Waals surface area (Å²) in [6.45, 7) is 3.56. The Balaban J connectivity index is 1.43. The van der Waals surface area contributed by atoms with Crippen LogP contribution in [0, 0.1) is 5.92 Å². The fraction of sp³-hybridized carbons (Fsp3) is 0.733. The first kappa shape index (κ1) is 17.4. The first-order valence-electron chi connectivity index (χ1n) is 8.30. The number of β-amino-alcohol motifs (C(OH)–C–C–N with tert-alkyl or cyclic N) is 1. The average Bonchev–Trinajstić information content (AvgIpc) is 3.16. The van der Waals surface area contributed by atoms with Crippen molar-refractivity contribution in [2.24, 2.45) is 5.92 Å². The number of carbonyl (C=O) groups is 1. The van der Waals surface area contributed by atoms with Crippen LogP contribution >= 0.6 is 0 Å². The van der Waals surface area contributed by atoms with Crippen molar-refractivity contribution in [1.29, 1.82) is 0 Å². The Hall–Kier alpha value is -1.45. The van der Waals surface area contributed by atoms with Crippen molar-refractivity contribution >= 4 is 15.7 Å². The molecule has 2 unspecified atom stereocenters. The summed E-state index contributed by atoms with van der Waals surface area (Å²) in [7, 11) is -3.03. The second-order valence-electron chi connectivity index (χ2n) is 6.61. The maximum atomic E-state index is 12.4. The molecule has 2 atom stereocenters. The summed E-state index contributed by atoms with van der Waals surface area (Å²) in [5.41, 5.74) is 0. The minimum Gasteiger partial charge on any atom is -0.390 e. The van der Waals surface area contributed by atoms with Gasteiger partial charge < -0.3 is 10.0 Å². The molecule has 0 aromatic carbocycles. The van der Waals surface area contributed by atoms with E-state index in [9.17, 15) is 18.3 Å². The topological polar surface area (TPSA) is 95.7 Å². The highest BCUT2D eigenvalue weighted by atomic mass is 32.2. The van der Waals surface area contributed by atoms with E-state index >= 15 is 0 Å². The van der Waals surface area contributed by atoms with Crippen LogP contribution in [0.4, 0.5) is 0 Å². The number of carbonyl (C=O) groups excluding carboxylic acids is 1. The lowest BCUT2D eigenvalue weighted by Gasteiger charge is -2.36. The Bertz CT molecular complexity index is 653. The third-order valence-corrected chi connectivity index (χ3v) is 6.46. The number of sulfone groups is 1. The van der Waals surface area contributed by atoms with Gasteiger partial charge in [0, 0.05) is 45.1 Å². The normalized spacial score (nSPS) is 25.7. The largest absolute Gasteiger partial charge is 0.390 e. The number of hydrogen-bond donors (Lipinski definition) is 1. The van der Waals surface area contributed by atoms with Crippen molar-refractivity contribution in [2.45, 2.75) is 19.1 Å². The molecule has 1 N–H and O–H groups in total. The molecule has 0 aliphatic carbocycles. The van der Waals surface area contributed by atoms with Gasteiger partial charge in [0.2, 0.25) is 5.91 Å². The van der Waals surface area contributed by atoms with Crippen LogP contribution in [0.25, 0.3) is 0 Å². The highest BCUT2D eigenvalue weighted by Gasteiger charge is 2.36. The van der Waals surface area contributed by atoms with Gasteiger partial charge in [-0.15, -0.1) is 0 Å². The zero-order valence-electron chi connectivity index (χ0n) is 13.6. The Labute approximate surface area is 142 Å². The van der Waals surface area contributed by atoms with E-state index in [1.807, 2.05) is 12.3 Å². The van der Waals surface area contributed by atoms with Crippen molar-refractivity contribution in [3.63, 3.8) is 0 Å². The highest BCUT2D eigenvalue weighted by molar-refractivity contribution is 7.91. The standard InChI is InChI=1S/C15H24N4O4S/c20-14(11-19-4-1-3-16-19)10-17-5-7-18(8-6-17)15(21)13-2-9-24(22,23)12-13/h1,3-4,13-14,20H,2,5-12H2. The summed E-state index contributed by atoms with van der Waals surface area (Å²) in [6, 6.07) is 1.82. The van der Waals surface area contributed by atoms with Crippen LogP contribution in [0.2, 0.25) is 0 Å². The molecule has 9 heteroatoms. The first-order chi connectivity index (χ1) is 11.4. The summed E-state index contributed by atoms with van der Waals surface area (Å²) in [5.74, 6) is -0.280. The van der Waals surface area contributed by atoms with Gasteiger partial charge in [0.25, 0.3) is 0 Å². The van der Waals surface area contributed by atoms with Crippen LogP contribution in [0.15, 0.2) is 18.5 Å². The lowest BCUT2D eigenvalue weighted by molar-refractivity contribution is -0.136. The molecule has 2 fully saturated rings. The van der Waals surface area contributed by atoms with Gasteiger partial charge in [-0.3, -0.25) is 14.4 Å². The van der Waals surface area contributed by atoms with Crippen molar-refractivity contribution in [3.05, 3.63) is 18.5 Å². The summed E-state index contributed by atoms with van der Waals surface area (Å²) >= 11 is 0. The van der Waals surface area contributed by atoms with Gasteiger partial charge in [-0.1, -0.05) is 0 Å². The zero-order chi connectivity index (χ0) is 17.2. The molecule has 2 saturated heterocycles. The highest BCUT2D eigenvalue weighted by Crippen LogP contribution is 2.21. The Morgan fingerprint density at radius 1 is 1.25 bits per heavy atom. The second-order valence-corrected chi connectivity index (χ2v) is 8.84. The molecule has 0 radical (unpaired) electrons. The number of aliphatic hydroxyl groups is 1. The molecule has 1 aromatic rings. The maximum Gasteiger partial charge on any atom is 0.226 e. The van der Waals surface area contributed by atoms with Gasteiger partial charge in [0.1, 0.15) is 0 Å². The monoisotopic (exact) mass is 356 g/mol. The number of piperazine rings is 1. The van der Waals surface area contributed by atoms with Crippen LogP contribution in [-0.2, 0) is 21.2 Å².